The Kier molecular flexibility index (Phi) is 6.01. The van der Waals surface area contributed by atoms with Gasteiger partial charge in [0.1, 0.15) is 6.54 Å². The number of nitrogens with one attached hydrogen (secondary N) is 1. The third-order valence-electron chi connectivity index (χ3n) is 4.81. The molecule has 9 heteroatoms. The van der Waals surface area contributed by atoms with Gasteiger partial charge < -0.3 is 10.1 Å². The Balaban J connectivity index is 1.52. The first-order chi connectivity index (χ1) is 12.9. The maximum Gasteiger partial charge on any atom is 0.326 e. The molecule has 144 valence electrons. The van der Waals surface area contributed by atoms with Crippen molar-refractivity contribution in [1.29, 1.82) is 0 Å². The van der Waals surface area contributed by atoms with Gasteiger partial charge in [-0.2, -0.15) is 0 Å². The molecule has 2 atom stereocenters. The summed E-state index contributed by atoms with van der Waals surface area (Å²) in [7, 11) is 0. The Labute approximate surface area is 165 Å². The predicted molar refractivity (Wildman–Crippen MR) is 98.2 cm³/mol. The number of anilines is 1. The number of benzene rings is 1. The predicted octanol–water partition coefficient (Wildman–Crippen LogP) is 2.65. The third-order valence-corrected chi connectivity index (χ3v) is 5.44. The van der Waals surface area contributed by atoms with Gasteiger partial charge in [-0.05, 0) is 25.0 Å². The molecule has 0 spiro atoms. The summed E-state index contributed by atoms with van der Waals surface area (Å²) in [4.78, 5) is 49.5. The fourth-order valence-electron chi connectivity index (χ4n) is 3.50. The van der Waals surface area contributed by atoms with Gasteiger partial charge in [-0.1, -0.05) is 42.1 Å². The van der Waals surface area contributed by atoms with Gasteiger partial charge >= 0.3 is 5.97 Å². The Morgan fingerprint density at radius 3 is 2.19 bits per heavy atom. The van der Waals surface area contributed by atoms with E-state index >= 15 is 0 Å². The van der Waals surface area contributed by atoms with E-state index in [-0.39, 0.29) is 39.4 Å². The summed E-state index contributed by atoms with van der Waals surface area (Å²) in [6.45, 7) is -1.06. The standard InChI is InChI=1S/C18H18Cl2N2O5/c19-12-6-3-7-13(20)16(12)21-14(23)9-27-15(24)8-22-17(25)10-4-1-2-5-11(10)18(22)26/h3,6-7,10-11H,1-2,4-5,8-9H2,(H,21,23)/t10-,11+. The van der Waals surface area contributed by atoms with Crippen molar-refractivity contribution in [3.63, 3.8) is 0 Å². The molecule has 1 aromatic rings. The Morgan fingerprint density at radius 1 is 1.07 bits per heavy atom. The molecule has 1 N–H and O–H groups in total. The molecule has 1 aromatic carbocycles. The van der Waals surface area contributed by atoms with Crippen LogP contribution in [0.25, 0.3) is 0 Å². The second-order valence-corrected chi connectivity index (χ2v) is 7.38. The number of esters is 1. The first-order valence-electron chi connectivity index (χ1n) is 8.63. The number of ether oxygens (including phenoxy) is 1. The van der Waals surface area contributed by atoms with Crippen molar-refractivity contribution in [2.45, 2.75) is 25.7 Å². The molecule has 2 aliphatic rings. The summed E-state index contributed by atoms with van der Waals surface area (Å²) >= 11 is 11.9. The molecule has 0 bridgehead atoms. The van der Waals surface area contributed by atoms with E-state index in [9.17, 15) is 19.2 Å². The molecule has 1 saturated carbocycles. The largest absolute Gasteiger partial charge is 0.454 e. The molecule has 0 aromatic heterocycles. The van der Waals surface area contributed by atoms with Crippen LogP contribution in [0.15, 0.2) is 18.2 Å². The van der Waals surface area contributed by atoms with Crippen LogP contribution >= 0.6 is 23.2 Å². The quantitative estimate of drug-likeness (QED) is 0.592. The van der Waals surface area contributed by atoms with Gasteiger partial charge in [0.05, 0.1) is 27.6 Å². The van der Waals surface area contributed by atoms with Crippen LogP contribution in [0, 0.1) is 11.8 Å². The molecule has 1 aliphatic heterocycles. The van der Waals surface area contributed by atoms with Gasteiger partial charge in [-0.25, -0.2) is 0 Å². The van der Waals surface area contributed by atoms with Crippen molar-refractivity contribution in [3.05, 3.63) is 28.2 Å². The summed E-state index contributed by atoms with van der Waals surface area (Å²) in [6.07, 6.45) is 3.15. The number of carbonyl (C=O) groups excluding carboxylic acids is 4. The normalized spacial score (nSPS) is 21.8. The monoisotopic (exact) mass is 412 g/mol. The van der Waals surface area contributed by atoms with Gasteiger partial charge in [0.15, 0.2) is 6.61 Å². The van der Waals surface area contributed by atoms with Crippen LogP contribution in [-0.2, 0) is 23.9 Å². The topological polar surface area (TPSA) is 92.8 Å². The summed E-state index contributed by atoms with van der Waals surface area (Å²) < 4.78 is 4.88. The highest BCUT2D eigenvalue weighted by Crippen LogP contribution is 2.37. The van der Waals surface area contributed by atoms with Gasteiger partial charge in [-0.3, -0.25) is 24.1 Å². The van der Waals surface area contributed by atoms with Gasteiger partial charge in [0.2, 0.25) is 11.8 Å². The molecule has 3 amide bonds. The summed E-state index contributed by atoms with van der Waals surface area (Å²) in [5.41, 5.74) is 0.218. The van der Waals surface area contributed by atoms with E-state index in [0.29, 0.717) is 12.8 Å². The van der Waals surface area contributed by atoms with Crippen LogP contribution in [0.2, 0.25) is 10.0 Å². The van der Waals surface area contributed by atoms with Crippen molar-refractivity contribution >= 4 is 52.6 Å². The number of imide groups is 1. The first kappa shape index (κ1) is 19.6. The minimum absolute atomic E-state index is 0.218. The van der Waals surface area contributed by atoms with Crippen LogP contribution in [0.1, 0.15) is 25.7 Å². The molecular weight excluding hydrogens is 395 g/mol. The molecule has 1 saturated heterocycles. The molecule has 0 radical (unpaired) electrons. The van der Waals surface area contributed by atoms with E-state index in [1.807, 2.05) is 0 Å². The first-order valence-corrected chi connectivity index (χ1v) is 9.38. The van der Waals surface area contributed by atoms with Gasteiger partial charge in [-0.15, -0.1) is 0 Å². The van der Waals surface area contributed by atoms with E-state index in [1.54, 1.807) is 18.2 Å². The number of hydrogen-bond acceptors (Lipinski definition) is 5. The fourth-order valence-corrected chi connectivity index (χ4v) is 3.99. The maximum atomic E-state index is 12.3. The smallest absolute Gasteiger partial charge is 0.326 e. The number of amides is 3. The third kappa shape index (κ3) is 4.25. The number of carbonyl (C=O) groups is 4. The number of hydrogen-bond donors (Lipinski definition) is 1. The summed E-state index contributed by atoms with van der Waals surface area (Å²) in [5, 5.41) is 2.95. The number of para-hydroxylation sites is 1. The Morgan fingerprint density at radius 2 is 1.63 bits per heavy atom. The number of likely N-dealkylation sites (tertiary alicyclic amines) is 1. The lowest BCUT2D eigenvalue weighted by Crippen LogP contribution is -2.37. The highest BCUT2D eigenvalue weighted by molar-refractivity contribution is 6.39. The lowest BCUT2D eigenvalue weighted by atomic mass is 9.81. The lowest BCUT2D eigenvalue weighted by Gasteiger charge is -2.19. The summed E-state index contributed by atoms with van der Waals surface area (Å²) in [5.74, 6) is -2.76. The van der Waals surface area contributed by atoms with E-state index in [2.05, 4.69) is 5.32 Å². The highest BCUT2D eigenvalue weighted by atomic mass is 35.5. The van der Waals surface area contributed by atoms with Gasteiger partial charge in [0.25, 0.3) is 5.91 Å². The minimum Gasteiger partial charge on any atom is -0.454 e. The number of halogens is 2. The molecule has 7 nitrogen and oxygen atoms in total. The summed E-state index contributed by atoms with van der Waals surface area (Å²) in [6, 6.07) is 4.74. The van der Waals surface area contributed by atoms with Crippen LogP contribution in [-0.4, -0.2) is 41.7 Å². The molecule has 2 fully saturated rings. The molecule has 1 heterocycles. The van der Waals surface area contributed by atoms with Crippen LogP contribution in [0.3, 0.4) is 0 Å². The second kappa shape index (κ2) is 8.27. The zero-order chi connectivity index (χ0) is 19.6. The van der Waals surface area contributed by atoms with E-state index < -0.39 is 25.0 Å². The van der Waals surface area contributed by atoms with E-state index in [0.717, 1.165) is 17.7 Å². The van der Waals surface area contributed by atoms with E-state index in [1.165, 1.54) is 0 Å². The Hall–Kier alpha value is -2.12. The SMILES string of the molecule is O=C(COC(=O)CN1C(=O)[C@H]2CCCC[C@H]2C1=O)Nc1c(Cl)cccc1Cl. The average Bonchev–Trinajstić information content (AvgIpc) is 2.88. The molecule has 1 aliphatic carbocycles. The second-order valence-electron chi connectivity index (χ2n) is 6.57. The number of fused-ring (bicyclic) bond motifs is 1. The van der Waals surface area contributed by atoms with Gasteiger partial charge in [0, 0.05) is 0 Å². The lowest BCUT2D eigenvalue weighted by molar-refractivity contribution is -0.154. The fraction of sp³-hybridized carbons (Fsp3) is 0.444. The minimum atomic E-state index is -0.823. The molecule has 3 rings (SSSR count). The molecular formula is C18H18Cl2N2O5. The average molecular weight is 413 g/mol. The number of rotatable bonds is 5. The van der Waals surface area contributed by atoms with Crippen molar-refractivity contribution < 1.29 is 23.9 Å². The number of nitrogens with zero attached hydrogens (tertiary/aromatic N) is 1. The zero-order valence-corrected chi connectivity index (χ0v) is 15.9. The maximum absolute atomic E-state index is 12.3. The van der Waals surface area contributed by atoms with Crippen molar-refractivity contribution in [2.75, 3.05) is 18.5 Å². The van der Waals surface area contributed by atoms with Crippen molar-refractivity contribution in [1.82, 2.24) is 4.90 Å². The van der Waals surface area contributed by atoms with Crippen LogP contribution < -0.4 is 5.32 Å². The zero-order valence-electron chi connectivity index (χ0n) is 14.4. The van der Waals surface area contributed by atoms with E-state index in [4.69, 9.17) is 27.9 Å². The Bertz CT molecular complexity index is 754. The molecule has 0 unspecified atom stereocenters. The molecule has 27 heavy (non-hydrogen) atoms. The van der Waals surface area contributed by atoms with Crippen molar-refractivity contribution in [2.24, 2.45) is 11.8 Å². The van der Waals surface area contributed by atoms with Crippen LogP contribution in [0.5, 0.6) is 0 Å². The van der Waals surface area contributed by atoms with Crippen molar-refractivity contribution in [3.8, 4) is 0 Å². The van der Waals surface area contributed by atoms with Crippen LogP contribution in [0.4, 0.5) is 5.69 Å². The highest BCUT2D eigenvalue weighted by Gasteiger charge is 2.48.